The number of halogens is 3. The third-order valence-electron chi connectivity index (χ3n) is 3.97. The average Bonchev–Trinajstić information content (AvgIpc) is 2.85. The third kappa shape index (κ3) is 3.17. The Kier molecular flexibility index (Phi) is 4.13. The molecular formula is C14H19F3N2O. The number of nitrogen functional groups attached to an aromatic ring is 1. The minimum atomic E-state index is -4.39. The fourth-order valence-corrected chi connectivity index (χ4v) is 2.62. The minimum Gasteiger partial charge on any atom is -0.491 e. The maximum Gasteiger partial charge on any atom is 0.416 e. The molecule has 0 spiro atoms. The van der Waals surface area contributed by atoms with E-state index in [0.717, 1.165) is 37.8 Å². The molecule has 0 bridgehead atoms. The van der Waals surface area contributed by atoms with Crippen molar-refractivity contribution in [2.75, 3.05) is 18.9 Å². The van der Waals surface area contributed by atoms with Gasteiger partial charge in [0.1, 0.15) is 5.75 Å². The fourth-order valence-electron chi connectivity index (χ4n) is 2.62. The predicted molar refractivity (Wildman–Crippen MR) is 71.3 cm³/mol. The van der Waals surface area contributed by atoms with Crippen LogP contribution in [0.5, 0.6) is 5.75 Å². The van der Waals surface area contributed by atoms with Crippen molar-refractivity contribution in [3.63, 3.8) is 0 Å². The van der Waals surface area contributed by atoms with Crippen LogP contribution in [0.3, 0.4) is 0 Å². The highest BCUT2D eigenvalue weighted by molar-refractivity contribution is 5.54. The lowest BCUT2D eigenvalue weighted by atomic mass is 9.87. The Hall–Kier alpha value is -1.43. The van der Waals surface area contributed by atoms with Gasteiger partial charge in [-0.05, 0) is 31.0 Å². The second kappa shape index (κ2) is 5.52. The Morgan fingerprint density at radius 3 is 2.35 bits per heavy atom. The lowest BCUT2D eigenvalue weighted by Gasteiger charge is -2.27. The molecule has 2 rings (SSSR count). The molecular weight excluding hydrogens is 269 g/mol. The summed E-state index contributed by atoms with van der Waals surface area (Å²) < 4.78 is 43.2. The van der Waals surface area contributed by atoms with Crippen LogP contribution < -0.4 is 16.2 Å². The topological polar surface area (TPSA) is 61.3 Å². The van der Waals surface area contributed by atoms with Crippen molar-refractivity contribution < 1.29 is 17.9 Å². The van der Waals surface area contributed by atoms with E-state index in [1.807, 2.05) is 0 Å². The molecule has 0 radical (unpaired) electrons. The van der Waals surface area contributed by atoms with Gasteiger partial charge in [-0.1, -0.05) is 12.8 Å². The standard InChI is InChI=1S/C14H19F3N2O/c15-14(16,17)10-3-4-12(11(19)7-10)20-9-13(8-18)5-1-2-6-13/h3-4,7H,1-2,5-6,8-9,18-19H2. The molecule has 0 unspecified atom stereocenters. The lowest BCUT2D eigenvalue weighted by molar-refractivity contribution is -0.137. The molecule has 4 N–H and O–H groups in total. The van der Waals surface area contributed by atoms with Gasteiger partial charge in [-0.2, -0.15) is 13.2 Å². The predicted octanol–water partition coefficient (Wildman–Crippen LogP) is 3.19. The van der Waals surface area contributed by atoms with Crippen molar-refractivity contribution in [3.05, 3.63) is 23.8 Å². The molecule has 1 fully saturated rings. The lowest BCUT2D eigenvalue weighted by Crippen LogP contribution is -2.33. The number of alkyl halides is 3. The summed E-state index contributed by atoms with van der Waals surface area (Å²) in [5.74, 6) is 0.290. The van der Waals surface area contributed by atoms with E-state index in [0.29, 0.717) is 13.2 Å². The number of hydrogen-bond donors (Lipinski definition) is 2. The van der Waals surface area contributed by atoms with Crippen LogP contribution in [0.4, 0.5) is 18.9 Å². The van der Waals surface area contributed by atoms with E-state index < -0.39 is 11.7 Å². The summed E-state index contributed by atoms with van der Waals surface area (Å²) in [4.78, 5) is 0. The summed E-state index contributed by atoms with van der Waals surface area (Å²) in [6.45, 7) is 0.923. The van der Waals surface area contributed by atoms with Crippen LogP contribution >= 0.6 is 0 Å². The van der Waals surface area contributed by atoms with Crippen LogP contribution in [0, 0.1) is 5.41 Å². The molecule has 1 saturated carbocycles. The summed E-state index contributed by atoms with van der Waals surface area (Å²) in [7, 11) is 0. The van der Waals surface area contributed by atoms with E-state index in [4.69, 9.17) is 16.2 Å². The van der Waals surface area contributed by atoms with Crippen LogP contribution in [-0.4, -0.2) is 13.2 Å². The van der Waals surface area contributed by atoms with Crippen LogP contribution in [0.1, 0.15) is 31.2 Å². The van der Waals surface area contributed by atoms with Crippen LogP contribution in [0.25, 0.3) is 0 Å². The van der Waals surface area contributed by atoms with Gasteiger partial charge in [0.15, 0.2) is 0 Å². The summed E-state index contributed by atoms with van der Waals surface area (Å²) in [5.41, 5.74) is 10.6. The summed E-state index contributed by atoms with van der Waals surface area (Å²) >= 11 is 0. The van der Waals surface area contributed by atoms with E-state index >= 15 is 0 Å². The Balaban J connectivity index is 2.07. The largest absolute Gasteiger partial charge is 0.491 e. The molecule has 3 nitrogen and oxygen atoms in total. The molecule has 0 saturated heterocycles. The highest BCUT2D eigenvalue weighted by atomic mass is 19.4. The van der Waals surface area contributed by atoms with Crippen molar-refractivity contribution in [1.29, 1.82) is 0 Å². The molecule has 0 amide bonds. The van der Waals surface area contributed by atoms with Gasteiger partial charge < -0.3 is 16.2 Å². The second-order valence-electron chi connectivity index (χ2n) is 5.45. The van der Waals surface area contributed by atoms with Gasteiger partial charge in [-0.25, -0.2) is 0 Å². The molecule has 1 aromatic rings. The zero-order valence-electron chi connectivity index (χ0n) is 11.2. The SMILES string of the molecule is NCC1(COc2ccc(C(F)(F)F)cc2N)CCCC1. The molecule has 1 aliphatic carbocycles. The fraction of sp³-hybridized carbons (Fsp3) is 0.571. The van der Waals surface area contributed by atoms with Crippen LogP contribution in [-0.2, 0) is 6.18 Å². The van der Waals surface area contributed by atoms with Crippen molar-refractivity contribution in [1.82, 2.24) is 0 Å². The number of rotatable bonds is 4. The molecule has 1 aromatic carbocycles. The molecule has 0 heterocycles. The highest BCUT2D eigenvalue weighted by Crippen LogP contribution is 2.39. The maximum absolute atomic E-state index is 12.5. The molecule has 0 aliphatic heterocycles. The van der Waals surface area contributed by atoms with Crippen molar-refractivity contribution in [2.45, 2.75) is 31.9 Å². The molecule has 1 aliphatic rings. The van der Waals surface area contributed by atoms with Crippen molar-refractivity contribution in [2.24, 2.45) is 11.1 Å². The third-order valence-corrected chi connectivity index (χ3v) is 3.97. The smallest absolute Gasteiger partial charge is 0.416 e. The Labute approximate surface area is 116 Å². The van der Waals surface area contributed by atoms with E-state index in [1.54, 1.807) is 0 Å². The Morgan fingerprint density at radius 1 is 1.20 bits per heavy atom. The average molecular weight is 288 g/mol. The van der Waals surface area contributed by atoms with E-state index in [-0.39, 0.29) is 16.9 Å². The summed E-state index contributed by atoms with van der Waals surface area (Å²) in [6.07, 6.45) is -0.184. The zero-order chi connectivity index (χ0) is 14.8. The van der Waals surface area contributed by atoms with E-state index in [1.165, 1.54) is 6.07 Å². The van der Waals surface area contributed by atoms with E-state index in [9.17, 15) is 13.2 Å². The molecule has 0 atom stereocenters. The van der Waals surface area contributed by atoms with Gasteiger partial charge in [-0.15, -0.1) is 0 Å². The van der Waals surface area contributed by atoms with Gasteiger partial charge >= 0.3 is 6.18 Å². The monoisotopic (exact) mass is 288 g/mol. The Morgan fingerprint density at radius 2 is 1.85 bits per heavy atom. The summed E-state index contributed by atoms with van der Waals surface area (Å²) in [6, 6.07) is 3.16. The molecule has 20 heavy (non-hydrogen) atoms. The Bertz CT molecular complexity index is 468. The first-order valence-corrected chi connectivity index (χ1v) is 6.66. The number of ether oxygens (including phenoxy) is 1. The maximum atomic E-state index is 12.5. The van der Waals surface area contributed by atoms with Gasteiger partial charge in [0.05, 0.1) is 17.9 Å². The first-order valence-electron chi connectivity index (χ1n) is 6.66. The molecule has 6 heteroatoms. The van der Waals surface area contributed by atoms with Gasteiger partial charge in [0.2, 0.25) is 0 Å². The zero-order valence-corrected chi connectivity index (χ0v) is 11.2. The van der Waals surface area contributed by atoms with E-state index in [2.05, 4.69) is 0 Å². The van der Waals surface area contributed by atoms with Crippen molar-refractivity contribution >= 4 is 5.69 Å². The molecule has 0 aromatic heterocycles. The normalized spacial score (nSPS) is 18.2. The first kappa shape index (κ1) is 15.0. The number of nitrogens with two attached hydrogens (primary N) is 2. The number of hydrogen-bond acceptors (Lipinski definition) is 3. The van der Waals surface area contributed by atoms with Gasteiger partial charge in [0, 0.05) is 12.0 Å². The number of benzene rings is 1. The first-order chi connectivity index (χ1) is 9.36. The highest BCUT2D eigenvalue weighted by Gasteiger charge is 2.34. The van der Waals surface area contributed by atoms with Gasteiger partial charge in [-0.3, -0.25) is 0 Å². The van der Waals surface area contributed by atoms with Gasteiger partial charge in [0.25, 0.3) is 0 Å². The molecule has 112 valence electrons. The number of anilines is 1. The van der Waals surface area contributed by atoms with Crippen LogP contribution in [0.2, 0.25) is 0 Å². The quantitative estimate of drug-likeness (QED) is 0.836. The van der Waals surface area contributed by atoms with Crippen molar-refractivity contribution in [3.8, 4) is 5.75 Å². The van der Waals surface area contributed by atoms with Crippen LogP contribution in [0.15, 0.2) is 18.2 Å². The second-order valence-corrected chi connectivity index (χ2v) is 5.45. The minimum absolute atomic E-state index is 0.00462. The summed E-state index contributed by atoms with van der Waals surface area (Å²) in [5, 5.41) is 0.